The van der Waals surface area contributed by atoms with Crippen LogP contribution in [0.3, 0.4) is 0 Å². The molecule has 1 saturated heterocycles. The molecule has 4 rings (SSSR count). The molecule has 0 spiro atoms. The minimum atomic E-state index is -0.0870. The van der Waals surface area contributed by atoms with Gasteiger partial charge >= 0.3 is 0 Å². The van der Waals surface area contributed by atoms with E-state index in [-0.39, 0.29) is 5.60 Å². The second-order valence-electron chi connectivity index (χ2n) is 7.32. The smallest absolute Gasteiger partial charge is 0.190 e. The van der Waals surface area contributed by atoms with Crippen LogP contribution < -0.4 is 10.2 Å². The largest absolute Gasteiger partial charge is 0.370 e. The van der Waals surface area contributed by atoms with Crippen molar-refractivity contribution >= 4 is 39.1 Å². The number of rotatable bonds is 4. The predicted octanol–water partition coefficient (Wildman–Crippen LogP) is 3.45. The molecule has 25 heavy (non-hydrogen) atoms. The normalized spacial score (nSPS) is 20.0. The van der Waals surface area contributed by atoms with E-state index in [9.17, 15) is 0 Å². The van der Waals surface area contributed by atoms with E-state index in [2.05, 4.69) is 31.0 Å². The third kappa shape index (κ3) is 3.52. The molecule has 4 heterocycles. The molecule has 2 aromatic heterocycles. The summed E-state index contributed by atoms with van der Waals surface area (Å²) in [6.07, 6.45) is 2.09. The fourth-order valence-corrected chi connectivity index (χ4v) is 5.55. The van der Waals surface area contributed by atoms with Crippen molar-refractivity contribution in [3.05, 3.63) is 10.4 Å². The first-order valence-electron chi connectivity index (χ1n) is 9.12. The Labute approximate surface area is 157 Å². The second-order valence-corrected chi connectivity index (χ2v) is 9.49. The van der Waals surface area contributed by atoms with Crippen molar-refractivity contribution in [1.82, 2.24) is 15.3 Å². The predicted molar refractivity (Wildman–Crippen MR) is 106 cm³/mol. The highest BCUT2D eigenvalue weighted by molar-refractivity contribution is 7.99. The van der Waals surface area contributed by atoms with E-state index in [1.165, 1.54) is 15.1 Å². The van der Waals surface area contributed by atoms with E-state index in [1.807, 2.05) is 11.3 Å². The molecule has 0 aliphatic carbocycles. The van der Waals surface area contributed by atoms with Crippen LogP contribution in [0.1, 0.15) is 37.6 Å². The molecule has 0 bridgehead atoms. The van der Waals surface area contributed by atoms with Crippen molar-refractivity contribution in [1.29, 1.82) is 0 Å². The van der Waals surface area contributed by atoms with Gasteiger partial charge < -0.3 is 15.0 Å². The van der Waals surface area contributed by atoms with Gasteiger partial charge in [-0.1, -0.05) is 18.7 Å². The van der Waals surface area contributed by atoms with E-state index in [0.717, 1.165) is 61.3 Å². The third-order valence-electron chi connectivity index (χ3n) is 4.72. The number of thiophene rings is 1. The Balaban J connectivity index is 1.82. The van der Waals surface area contributed by atoms with Crippen molar-refractivity contribution in [3.63, 3.8) is 0 Å². The Morgan fingerprint density at radius 2 is 2.08 bits per heavy atom. The molecule has 0 amide bonds. The third-order valence-corrected chi connectivity index (χ3v) is 6.99. The molecule has 7 heteroatoms. The number of piperazine rings is 1. The average molecular weight is 379 g/mol. The van der Waals surface area contributed by atoms with E-state index < -0.39 is 0 Å². The number of thioether (sulfide) groups is 1. The van der Waals surface area contributed by atoms with Gasteiger partial charge in [-0.15, -0.1) is 11.3 Å². The maximum atomic E-state index is 6.08. The summed E-state index contributed by atoms with van der Waals surface area (Å²) in [5, 5.41) is 4.34. The molecule has 5 nitrogen and oxygen atoms in total. The van der Waals surface area contributed by atoms with Crippen LogP contribution in [0.5, 0.6) is 0 Å². The number of hydrogen-bond acceptors (Lipinski definition) is 7. The van der Waals surface area contributed by atoms with Gasteiger partial charge in [-0.05, 0) is 20.3 Å². The fourth-order valence-electron chi connectivity index (χ4n) is 3.38. The van der Waals surface area contributed by atoms with Crippen molar-refractivity contribution < 1.29 is 4.74 Å². The zero-order valence-corrected chi connectivity index (χ0v) is 16.9. The molecular weight excluding hydrogens is 352 g/mol. The maximum absolute atomic E-state index is 6.08. The number of fused-ring (bicyclic) bond motifs is 3. The van der Waals surface area contributed by atoms with Crippen LogP contribution in [-0.4, -0.2) is 47.5 Å². The molecular formula is C18H26N4OS2. The Morgan fingerprint density at radius 1 is 1.28 bits per heavy atom. The molecule has 0 unspecified atom stereocenters. The van der Waals surface area contributed by atoms with Crippen LogP contribution >= 0.6 is 23.1 Å². The Kier molecular flexibility index (Phi) is 4.92. The molecule has 136 valence electrons. The first-order chi connectivity index (χ1) is 12.1. The number of nitrogens with zero attached hydrogens (tertiary/aromatic N) is 3. The number of aromatic nitrogens is 2. The summed E-state index contributed by atoms with van der Waals surface area (Å²) in [5.74, 6) is 2.19. The summed E-state index contributed by atoms with van der Waals surface area (Å²) in [6, 6.07) is 0. The first-order valence-corrected chi connectivity index (χ1v) is 10.9. The Bertz CT molecular complexity index is 768. The van der Waals surface area contributed by atoms with Gasteiger partial charge in [-0.3, -0.25) is 0 Å². The summed E-state index contributed by atoms with van der Waals surface area (Å²) in [7, 11) is 0. The van der Waals surface area contributed by atoms with Crippen LogP contribution in [0.2, 0.25) is 0 Å². The van der Waals surface area contributed by atoms with Crippen LogP contribution in [0.15, 0.2) is 5.16 Å². The number of hydrogen-bond donors (Lipinski definition) is 1. The van der Waals surface area contributed by atoms with Crippen LogP contribution in [0.25, 0.3) is 10.2 Å². The monoisotopic (exact) mass is 378 g/mol. The maximum Gasteiger partial charge on any atom is 0.190 e. The van der Waals surface area contributed by atoms with Crippen LogP contribution in [0.4, 0.5) is 5.82 Å². The highest BCUT2D eigenvalue weighted by Crippen LogP contribution is 2.42. The van der Waals surface area contributed by atoms with Crippen molar-refractivity contribution in [2.75, 3.05) is 36.8 Å². The number of ether oxygens (including phenoxy) is 1. The van der Waals surface area contributed by atoms with Gasteiger partial charge in [0.2, 0.25) is 0 Å². The SMILES string of the molecule is CCCSc1nc(N2CCNCC2)c2sc3c(c2n1)COC(C)(C)C3. The first kappa shape index (κ1) is 17.5. The molecule has 2 aromatic rings. The minimum absolute atomic E-state index is 0.0870. The van der Waals surface area contributed by atoms with E-state index >= 15 is 0 Å². The van der Waals surface area contributed by atoms with Gasteiger partial charge in [0.15, 0.2) is 11.0 Å². The van der Waals surface area contributed by atoms with Crippen molar-refractivity contribution in [3.8, 4) is 0 Å². The molecule has 0 saturated carbocycles. The van der Waals surface area contributed by atoms with E-state index in [1.54, 1.807) is 11.8 Å². The van der Waals surface area contributed by atoms with Crippen molar-refractivity contribution in [2.45, 2.75) is 51.0 Å². The second kappa shape index (κ2) is 7.02. The van der Waals surface area contributed by atoms with Crippen molar-refractivity contribution in [2.24, 2.45) is 0 Å². The van der Waals surface area contributed by atoms with E-state index in [0.29, 0.717) is 6.61 Å². The zero-order chi connectivity index (χ0) is 17.4. The lowest BCUT2D eigenvalue weighted by molar-refractivity contribution is -0.0383. The Morgan fingerprint density at radius 3 is 2.84 bits per heavy atom. The fraction of sp³-hybridized carbons (Fsp3) is 0.667. The lowest BCUT2D eigenvalue weighted by Gasteiger charge is -2.29. The lowest BCUT2D eigenvalue weighted by Crippen LogP contribution is -2.44. The summed E-state index contributed by atoms with van der Waals surface area (Å²) >= 11 is 3.65. The molecule has 1 N–H and O–H groups in total. The standard InChI is InChI=1S/C18H26N4OS2/c1-4-9-24-17-20-14-12-11-23-18(2,3)10-13(12)25-15(14)16(21-17)22-7-5-19-6-8-22/h19H,4-11H2,1-3H3. The van der Waals surface area contributed by atoms with Gasteiger partial charge in [-0.25, -0.2) is 9.97 Å². The zero-order valence-electron chi connectivity index (χ0n) is 15.2. The quantitative estimate of drug-likeness (QED) is 0.650. The summed E-state index contributed by atoms with van der Waals surface area (Å²) in [5.41, 5.74) is 2.32. The van der Waals surface area contributed by atoms with Gasteiger partial charge in [0, 0.05) is 48.8 Å². The lowest BCUT2D eigenvalue weighted by atomic mass is 9.98. The van der Waals surface area contributed by atoms with Gasteiger partial charge in [0.25, 0.3) is 0 Å². The van der Waals surface area contributed by atoms with Gasteiger partial charge in [-0.2, -0.15) is 0 Å². The molecule has 0 aromatic carbocycles. The van der Waals surface area contributed by atoms with Gasteiger partial charge in [0.05, 0.1) is 22.4 Å². The Hall–Kier alpha value is -0.890. The van der Waals surface area contributed by atoms with Gasteiger partial charge in [0.1, 0.15) is 0 Å². The molecule has 0 atom stereocenters. The average Bonchev–Trinajstić information content (AvgIpc) is 2.96. The summed E-state index contributed by atoms with van der Waals surface area (Å²) in [4.78, 5) is 13.7. The molecule has 2 aliphatic rings. The highest BCUT2D eigenvalue weighted by atomic mass is 32.2. The van der Waals surface area contributed by atoms with Crippen LogP contribution in [0, 0.1) is 0 Å². The van der Waals surface area contributed by atoms with E-state index in [4.69, 9.17) is 14.7 Å². The molecule has 1 fully saturated rings. The number of anilines is 1. The molecule has 0 radical (unpaired) electrons. The minimum Gasteiger partial charge on any atom is -0.370 e. The molecule has 2 aliphatic heterocycles. The van der Waals surface area contributed by atoms with Crippen LogP contribution in [-0.2, 0) is 17.8 Å². The number of nitrogens with one attached hydrogen (secondary N) is 1. The summed E-state index contributed by atoms with van der Waals surface area (Å²) < 4.78 is 7.32. The topological polar surface area (TPSA) is 50.3 Å². The highest BCUT2D eigenvalue weighted by Gasteiger charge is 2.31. The summed E-state index contributed by atoms with van der Waals surface area (Å²) in [6.45, 7) is 11.3.